The van der Waals surface area contributed by atoms with Gasteiger partial charge in [-0.05, 0) is 43.3 Å². The maximum Gasteiger partial charge on any atom is 0.358 e. The number of para-hydroxylation sites is 1. The van der Waals surface area contributed by atoms with Crippen LogP contribution in [-0.2, 0) is 11.2 Å². The van der Waals surface area contributed by atoms with E-state index in [1.807, 2.05) is 18.2 Å². The number of rotatable bonds is 7. The fourth-order valence-electron chi connectivity index (χ4n) is 3.44. The third kappa shape index (κ3) is 5.38. The summed E-state index contributed by atoms with van der Waals surface area (Å²) >= 11 is 12.7. The molecule has 2 aromatic heterocycles. The van der Waals surface area contributed by atoms with Crippen molar-refractivity contribution in [1.29, 1.82) is 5.26 Å². The number of hydrogen-bond acceptors (Lipinski definition) is 6. The van der Waals surface area contributed by atoms with Crippen LogP contribution < -0.4 is 5.32 Å². The van der Waals surface area contributed by atoms with E-state index in [9.17, 15) is 9.59 Å². The van der Waals surface area contributed by atoms with Gasteiger partial charge in [-0.3, -0.25) is 9.78 Å². The predicted octanol–water partition coefficient (Wildman–Crippen LogP) is 5.74. The summed E-state index contributed by atoms with van der Waals surface area (Å²) in [6, 6.07) is 20.7. The number of aromatic nitrogens is 3. The van der Waals surface area contributed by atoms with E-state index in [2.05, 4.69) is 21.5 Å². The second kappa shape index (κ2) is 11.0. The lowest BCUT2D eigenvalue weighted by Crippen LogP contribution is -2.15. The molecule has 0 bridgehead atoms. The van der Waals surface area contributed by atoms with E-state index in [-0.39, 0.29) is 35.1 Å². The molecule has 180 valence electrons. The average molecular weight is 520 g/mol. The molecule has 2 heterocycles. The molecule has 2 aromatic carbocycles. The van der Waals surface area contributed by atoms with Crippen molar-refractivity contribution in [2.45, 2.75) is 13.3 Å². The van der Waals surface area contributed by atoms with Gasteiger partial charge >= 0.3 is 5.97 Å². The number of carbonyl (C=O) groups excluding carboxylic acids is 2. The van der Waals surface area contributed by atoms with Gasteiger partial charge in [0.2, 0.25) is 0 Å². The SMILES string of the molecule is CCOC(=O)c1cc(NC(=O)c2cc(-c3nc(CC#N)ccc3Cl)ccc2Cl)n(-c2ccccc2)n1. The fourth-order valence-corrected chi connectivity index (χ4v) is 3.85. The van der Waals surface area contributed by atoms with Crippen LogP contribution in [-0.4, -0.2) is 33.2 Å². The van der Waals surface area contributed by atoms with Crippen molar-refractivity contribution in [3.63, 3.8) is 0 Å². The fraction of sp³-hybridized carbons (Fsp3) is 0.115. The minimum Gasteiger partial charge on any atom is -0.461 e. The average Bonchev–Trinajstić information content (AvgIpc) is 3.30. The van der Waals surface area contributed by atoms with Gasteiger partial charge in [0.05, 0.1) is 51.8 Å². The number of carbonyl (C=O) groups is 2. The van der Waals surface area contributed by atoms with Gasteiger partial charge in [-0.15, -0.1) is 0 Å². The van der Waals surface area contributed by atoms with Crippen molar-refractivity contribution in [2.75, 3.05) is 11.9 Å². The number of benzene rings is 2. The van der Waals surface area contributed by atoms with Gasteiger partial charge in [-0.2, -0.15) is 10.4 Å². The zero-order chi connectivity index (χ0) is 25.7. The Hall–Kier alpha value is -4.19. The predicted molar refractivity (Wildman–Crippen MR) is 136 cm³/mol. The Bertz CT molecular complexity index is 1480. The molecule has 36 heavy (non-hydrogen) atoms. The van der Waals surface area contributed by atoms with Gasteiger partial charge in [0, 0.05) is 11.6 Å². The van der Waals surface area contributed by atoms with Crippen molar-refractivity contribution in [2.24, 2.45) is 0 Å². The molecule has 0 fully saturated rings. The maximum atomic E-state index is 13.3. The van der Waals surface area contributed by atoms with Crippen molar-refractivity contribution in [1.82, 2.24) is 14.8 Å². The Labute approximate surface area is 217 Å². The van der Waals surface area contributed by atoms with Gasteiger partial charge in [0.15, 0.2) is 5.69 Å². The summed E-state index contributed by atoms with van der Waals surface area (Å²) in [6.45, 7) is 1.88. The molecule has 0 aliphatic heterocycles. The summed E-state index contributed by atoms with van der Waals surface area (Å²) < 4.78 is 6.49. The summed E-state index contributed by atoms with van der Waals surface area (Å²) in [7, 11) is 0. The van der Waals surface area contributed by atoms with Crippen LogP contribution >= 0.6 is 23.2 Å². The molecule has 0 saturated heterocycles. The first-order valence-corrected chi connectivity index (χ1v) is 11.6. The minimum atomic E-state index is -0.610. The number of nitriles is 1. The van der Waals surface area contributed by atoms with Crippen molar-refractivity contribution in [3.8, 4) is 23.0 Å². The molecule has 0 spiro atoms. The lowest BCUT2D eigenvalue weighted by molar-refractivity contribution is 0.0518. The number of hydrogen-bond donors (Lipinski definition) is 1. The van der Waals surface area contributed by atoms with Crippen LogP contribution in [0.5, 0.6) is 0 Å². The van der Waals surface area contributed by atoms with Gasteiger partial charge in [0.1, 0.15) is 5.82 Å². The Kier molecular flexibility index (Phi) is 7.64. The van der Waals surface area contributed by atoms with E-state index in [0.717, 1.165) is 0 Å². The third-order valence-electron chi connectivity index (χ3n) is 5.08. The molecule has 1 amide bonds. The van der Waals surface area contributed by atoms with Crippen LogP contribution in [0.1, 0.15) is 33.5 Å². The Morgan fingerprint density at radius 2 is 1.81 bits per heavy atom. The van der Waals surface area contributed by atoms with E-state index in [1.54, 1.807) is 49.4 Å². The smallest absolute Gasteiger partial charge is 0.358 e. The Morgan fingerprint density at radius 3 is 2.53 bits per heavy atom. The van der Waals surface area contributed by atoms with E-state index in [1.165, 1.54) is 10.7 Å². The molecule has 8 nitrogen and oxygen atoms in total. The first-order chi connectivity index (χ1) is 17.4. The summed E-state index contributed by atoms with van der Waals surface area (Å²) in [6.07, 6.45) is 0.122. The summed E-state index contributed by atoms with van der Waals surface area (Å²) in [5.74, 6) is -0.887. The highest BCUT2D eigenvalue weighted by Crippen LogP contribution is 2.30. The highest BCUT2D eigenvalue weighted by atomic mass is 35.5. The number of anilines is 1. The third-order valence-corrected chi connectivity index (χ3v) is 5.72. The number of pyridine rings is 1. The number of esters is 1. The topological polar surface area (TPSA) is 110 Å². The van der Waals surface area contributed by atoms with Crippen LogP contribution in [0.2, 0.25) is 10.0 Å². The van der Waals surface area contributed by atoms with Crippen molar-refractivity contribution in [3.05, 3.63) is 93.7 Å². The highest BCUT2D eigenvalue weighted by Gasteiger charge is 2.20. The number of nitrogens with one attached hydrogen (secondary N) is 1. The van der Waals surface area contributed by atoms with Crippen LogP contribution in [0.15, 0.2) is 66.7 Å². The number of halogens is 2. The number of ether oxygens (including phenoxy) is 1. The standard InChI is InChI=1S/C26H19Cl2N5O3/c1-2-36-26(35)22-15-23(33(32-22)18-6-4-3-5-7-18)31-25(34)19-14-16(8-10-20(19)27)24-21(28)11-9-17(30-24)12-13-29/h3-11,14-15H,2,12H2,1H3,(H,31,34). The first-order valence-electron chi connectivity index (χ1n) is 10.9. The zero-order valence-electron chi connectivity index (χ0n) is 19.0. The van der Waals surface area contributed by atoms with Crippen LogP contribution in [0.4, 0.5) is 5.82 Å². The summed E-state index contributed by atoms with van der Waals surface area (Å²) in [4.78, 5) is 30.0. The van der Waals surface area contributed by atoms with Gasteiger partial charge in [-0.25, -0.2) is 9.48 Å². The molecule has 4 aromatic rings. The lowest BCUT2D eigenvalue weighted by Gasteiger charge is -2.11. The van der Waals surface area contributed by atoms with Gasteiger partial charge < -0.3 is 10.1 Å². The molecule has 1 N–H and O–H groups in total. The van der Waals surface area contributed by atoms with Crippen molar-refractivity contribution < 1.29 is 14.3 Å². The number of nitrogens with zero attached hydrogens (tertiary/aromatic N) is 4. The van der Waals surface area contributed by atoms with Crippen LogP contribution in [0.25, 0.3) is 16.9 Å². The molecule has 0 aliphatic carbocycles. The molecule has 0 unspecified atom stereocenters. The van der Waals surface area contributed by atoms with Crippen LogP contribution in [0, 0.1) is 11.3 Å². The van der Waals surface area contributed by atoms with Crippen LogP contribution in [0.3, 0.4) is 0 Å². The largest absolute Gasteiger partial charge is 0.461 e. The lowest BCUT2D eigenvalue weighted by atomic mass is 10.1. The molecule has 0 atom stereocenters. The molecule has 0 radical (unpaired) electrons. The summed E-state index contributed by atoms with van der Waals surface area (Å²) in [5.41, 5.74) is 2.37. The van der Waals surface area contributed by atoms with Gasteiger partial charge in [-0.1, -0.05) is 47.5 Å². The number of amides is 1. The second-order valence-electron chi connectivity index (χ2n) is 7.50. The molecule has 10 heteroatoms. The molecular formula is C26H19Cl2N5O3. The summed E-state index contributed by atoms with van der Waals surface area (Å²) in [5, 5.41) is 16.7. The molecule has 4 rings (SSSR count). The van der Waals surface area contributed by atoms with E-state index in [4.69, 9.17) is 33.2 Å². The molecule has 0 saturated carbocycles. The zero-order valence-corrected chi connectivity index (χ0v) is 20.5. The Morgan fingerprint density at radius 1 is 1.06 bits per heavy atom. The second-order valence-corrected chi connectivity index (χ2v) is 8.31. The molecular weight excluding hydrogens is 501 g/mol. The molecule has 0 aliphatic rings. The van der Waals surface area contributed by atoms with E-state index >= 15 is 0 Å². The van der Waals surface area contributed by atoms with E-state index in [0.29, 0.717) is 27.7 Å². The normalized spacial score (nSPS) is 10.5. The first kappa shape index (κ1) is 24.9. The van der Waals surface area contributed by atoms with Crippen molar-refractivity contribution >= 4 is 40.9 Å². The Balaban J connectivity index is 1.71. The monoisotopic (exact) mass is 519 g/mol. The minimum absolute atomic E-state index is 0.0427. The maximum absolute atomic E-state index is 13.3. The van der Waals surface area contributed by atoms with Gasteiger partial charge in [0.25, 0.3) is 5.91 Å². The highest BCUT2D eigenvalue weighted by molar-refractivity contribution is 6.35. The quantitative estimate of drug-likeness (QED) is 0.312. The van der Waals surface area contributed by atoms with E-state index < -0.39 is 11.9 Å².